The van der Waals surface area contributed by atoms with Crippen LogP contribution in [0, 0.1) is 33.3 Å². The molecule has 1 aliphatic carbocycles. The fraction of sp³-hybridized carbons (Fsp3) is 0.654. The molecular weight excluding hydrogens is 450 g/mol. The van der Waals surface area contributed by atoms with Gasteiger partial charge < -0.3 is 14.5 Å². The van der Waals surface area contributed by atoms with E-state index in [1.165, 1.54) is 0 Å². The molecule has 4 rings (SSSR count). The van der Waals surface area contributed by atoms with Gasteiger partial charge >= 0.3 is 0 Å². The van der Waals surface area contributed by atoms with Crippen molar-refractivity contribution in [3.63, 3.8) is 0 Å². The Labute approximate surface area is 205 Å². The van der Waals surface area contributed by atoms with Crippen LogP contribution in [-0.4, -0.2) is 72.2 Å². The lowest BCUT2D eigenvalue weighted by molar-refractivity contribution is -0.490. The molecule has 9 nitrogen and oxygen atoms in total. The van der Waals surface area contributed by atoms with Gasteiger partial charge in [-0.25, -0.2) is 0 Å². The zero-order valence-electron chi connectivity index (χ0n) is 20.6. The molecular formula is C26H35N3O6. The number of carbonyl (C=O) groups excluding carboxylic acids is 3. The standard InChI is InChI=1S/C26H35N3O6/c1-18-12-23(30)21(22(18)16-29(33)34)15-25(32)28-11-8-26(17-28)6-9-27(10-7-26)24(31)14-19-4-3-5-20(13-19)35-2/h3-5,13,18,21-22H,6-12,14-17H2,1-2H3/t18-,21-,22+/m1/s1. The van der Waals surface area contributed by atoms with Crippen molar-refractivity contribution < 1.29 is 24.0 Å². The van der Waals surface area contributed by atoms with Crippen molar-refractivity contribution in [1.82, 2.24) is 9.80 Å². The highest BCUT2D eigenvalue weighted by Crippen LogP contribution is 2.42. The van der Waals surface area contributed by atoms with Gasteiger partial charge in [0.2, 0.25) is 18.4 Å². The molecule has 2 heterocycles. The Balaban J connectivity index is 1.29. The molecule has 2 aliphatic heterocycles. The van der Waals surface area contributed by atoms with Crippen molar-refractivity contribution in [2.75, 3.05) is 39.8 Å². The van der Waals surface area contributed by atoms with E-state index in [1.807, 2.05) is 41.0 Å². The first-order valence-electron chi connectivity index (χ1n) is 12.5. The number of Topliss-reactive ketones (excluding diaryl/α,β-unsaturated/α-hetero) is 1. The average Bonchev–Trinajstić information content (AvgIpc) is 3.35. The highest BCUT2D eigenvalue weighted by Gasteiger charge is 2.46. The fourth-order valence-corrected chi connectivity index (χ4v) is 6.17. The van der Waals surface area contributed by atoms with Crippen LogP contribution in [0.1, 0.15) is 44.6 Å². The molecule has 0 unspecified atom stereocenters. The second kappa shape index (κ2) is 10.3. The maximum atomic E-state index is 13.1. The van der Waals surface area contributed by atoms with Crippen LogP contribution >= 0.6 is 0 Å². The summed E-state index contributed by atoms with van der Waals surface area (Å²) in [6.45, 7) is 4.25. The molecule has 3 fully saturated rings. The van der Waals surface area contributed by atoms with E-state index in [2.05, 4.69) is 0 Å². The number of hydrogen-bond donors (Lipinski definition) is 0. The Morgan fingerprint density at radius 2 is 1.83 bits per heavy atom. The molecule has 2 amide bonds. The minimum Gasteiger partial charge on any atom is -0.497 e. The van der Waals surface area contributed by atoms with Crippen molar-refractivity contribution >= 4 is 17.6 Å². The highest BCUT2D eigenvalue weighted by atomic mass is 16.6. The zero-order chi connectivity index (χ0) is 25.2. The van der Waals surface area contributed by atoms with Gasteiger partial charge in [0.1, 0.15) is 11.5 Å². The fourth-order valence-electron chi connectivity index (χ4n) is 6.17. The molecule has 0 aromatic heterocycles. The van der Waals surface area contributed by atoms with Gasteiger partial charge in [0.15, 0.2) is 0 Å². The third-order valence-corrected chi connectivity index (χ3v) is 8.40. The van der Waals surface area contributed by atoms with E-state index in [-0.39, 0.29) is 52.7 Å². The van der Waals surface area contributed by atoms with Crippen LogP contribution in [0.3, 0.4) is 0 Å². The third kappa shape index (κ3) is 5.65. The molecule has 9 heteroatoms. The van der Waals surface area contributed by atoms with Crippen LogP contribution in [-0.2, 0) is 20.8 Å². The number of piperidine rings is 1. The number of carbonyl (C=O) groups is 3. The Hall–Kier alpha value is -2.97. The number of rotatable bonds is 7. The lowest BCUT2D eigenvalue weighted by Crippen LogP contribution is -2.45. The van der Waals surface area contributed by atoms with Crippen molar-refractivity contribution in [3.8, 4) is 5.75 Å². The van der Waals surface area contributed by atoms with Crippen LogP contribution in [0.25, 0.3) is 0 Å². The molecule has 1 spiro atoms. The number of ketones is 1. The number of benzene rings is 1. The molecule has 35 heavy (non-hydrogen) atoms. The summed E-state index contributed by atoms with van der Waals surface area (Å²) in [7, 11) is 1.61. The van der Waals surface area contributed by atoms with Gasteiger partial charge in [0.25, 0.3) is 0 Å². The van der Waals surface area contributed by atoms with Crippen LogP contribution in [0.5, 0.6) is 5.75 Å². The molecule has 0 radical (unpaired) electrons. The van der Waals surface area contributed by atoms with E-state index < -0.39 is 5.92 Å². The molecule has 0 N–H and O–H groups in total. The third-order valence-electron chi connectivity index (χ3n) is 8.40. The van der Waals surface area contributed by atoms with Gasteiger partial charge in [-0.2, -0.15) is 0 Å². The summed E-state index contributed by atoms with van der Waals surface area (Å²) < 4.78 is 5.24. The van der Waals surface area contributed by atoms with Gasteiger partial charge in [-0.15, -0.1) is 0 Å². The van der Waals surface area contributed by atoms with Gasteiger partial charge in [0, 0.05) is 55.8 Å². The molecule has 190 valence electrons. The summed E-state index contributed by atoms with van der Waals surface area (Å²) in [5.74, 6) is -0.220. The van der Waals surface area contributed by atoms with Crippen LogP contribution < -0.4 is 4.74 Å². The van der Waals surface area contributed by atoms with E-state index in [1.54, 1.807) is 7.11 Å². The monoisotopic (exact) mass is 485 g/mol. The molecule has 2 saturated heterocycles. The Morgan fingerprint density at radius 3 is 2.49 bits per heavy atom. The van der Waals surface area contributed by atoms with Crippen LogP contribution in [0.2, 0.25) is 0 Å². The maximum absolute atomic E-state index is 13.1. The van der Waals surface area contributed by atoms with Gasteiger partial charge in [-0.3, -0.25) is 24.5 Å². The Bertz CT molecular complexity index is 987. The quantitative estimate of drug-likeness (QED) is 0.434. The Morgan fingerprint density at radius 1 is 1.14 bits per heavy atom. The van der Waals surface area contributed by atoms with Gasteiger partial charge in [-0.1, -0.05) is 19.1 Å². The minimum atomic E-state index is -0.546. The van der Waals surface area contributed by atoms with E-state index >= 15 is 0 Å². The first-order valence-corrected chi connectivity index (χ1v) is 12.5. The first-order chi connectivity index (χ1) is 16.7. The number of nitro groups is 1. The summed E-state index contributed by atoms with van der Waals surface area (Å²) >= 11 is 0. The smallest absolute Gasteiger partial charge is 0.226 e. The van der Waals surface area contributed by atoms with Crippen molar-refractivity contribution in [2.24, 2.45) is 23.2 Å². The maximum Gasteiger partial charge on any atom is 0.226 e. The van der Waals surface area contributed by atoms with E-state index in [9.17, 15) is 24.5 Å². The highest BCUT2D eigenvalue weighted by molar-refractivity contribution is 5.89. The largest absolute Gasteiger partial charge is 0.497 e. The van der Waals surface area contributed by atoms with E-state index in [4.69, 9.17) is 4.74 Å². The van der Waals surface area contributed by atoms with Crippen molar-refractivity contribution in [1.29, 1.82) is 0 Å². The number of hydrogen-bond acceptors (Lipinski definition) is 6. The summed E-state index contributed by atoms with van der Waals surface area (Å²) in [4.78, 5) is 52.8. The van der Waals surface area contributed by atoms with Gasteiger partial charge in [-0.05, 0) is 48.3 Å². The predicted octanol–water partition coefficient (Wildman–Crippen LogP) is 2.59. The molecule has 3 aliphatic rings. The van der Waals surface area contributed by atoms with E-state index in [0.29, 0.717) is 39.0 Å². The van der Waals surface area contributed by atoms with E-state index in [0.717, 1.165) is 30.6 Å². The molecule has 1 saturated carbocycles. The average molecular weight is 486 g/mol. The summed E-state index contributed by atoms with van der Waals surface area (Å²) in [6, 6.07) is 7.56. The summed E-state index contributed by atoms with van der Waals surface area (Å²) in [5, 5.41) is 11.1. The molecule has 1 aromatic rings. The van der Waals surface area contributed by atoms with Crippen molar-refractivity contribution in [2.45, 2.75) is 45.4 Å². The summed E-state index contributed by atoms with van der Waals surface area (Å²) in [5.41, 5.74) is 0.939. The molecule has 0 bridgehead atoms. The van der Waals surface area contributed by atoms with Crippen LogP contribution in [0.15, 0.2) is 24.3 Å². The lowest BCUT2D eigenvalue weighted by atomic mass is 9.77. The lowest BCUT2D eigenvalue weighted by Gasteiger charge is -2.39. The predicted molar refractivity (Wildman–Crippen MR) is 128 cm³/mol. The minimum absolute atomic E-state index is 0.00955. The first kappa shape index (κ1) is 25.1. The normalized spacial score (nSPS) is 25.8. The summed E-state index contributed by atoms with van der Waals surface area (Å²) in [6.07, 6.45) is 3.33. The number of nitrogens with zero attached hydrogens (tertiary/aromatic N) is 3. The number of methoxy groups -OCH3 is 1. The zero-order valence-corrected chi connectivity index (χ0v) is 20.6. The number of amides is 2. The SMILES string of the molecule is COc1cccc(CC(=O)N2CCC3(CC2)CCN(C(=O)C[C@H]2C(=O)C[C@@H](C)[C@@H]2C[N+](=O)[O-])C3)c1. The molecule has 3 atom stereocenters. The van der Waals surface area contributed by atoms with Gasteiger partial charge in [0.05, 0.1) is 13.5 Å². The molecule has 1 aromatic carbocycles. The van der Waals surface area contributed by atoms with Crippen LogP contribution in [0.4, 0.5) is 0 Å². The van der Waals surface area contributed by atoms with Crippen molar-refractivity contribution in [3.05, 3.63) is 39.9 Å². The Kier molecular flexibility index (Phi) is 7.42. The second-order valence-electron chi connectivity index (χ2n) is 10.6. The topological polar surface area (TPSA) is 110 Å². The number of ether oxygens (including phenoxy) is 1. The second-order valence-corrected chi connectivity index (χ2v) is 10.6. The number of likely N-dealkylation sites (tertiary alicyclic amines) is 2.